The van der Waals surface area contributed by atoms with Gasteiger partial charge in [-0.15, -0.1) is 0 Å². The number of benzene rings is 2. The van der Waals surface area contributed by atoms with Gasteiger partial charge in [-0.25, -0.2) is 12.8 Å². The molecular weight excluding hydrogens is 347 g/mol. The van der Waals surface area contributed by atoms with Crippen molar-refractivity contribution in [3.8, 4) is 5.75 Å². The van der Waals surface area contributed by atoms with E-state index in [4.69, 9.17) is 4.74 Å². The van der Waals surface area contributed by atoms with Crippen molar-refractivity contribution < 1.29 is 22.3 Å². The number of sulfonamides is 1. The summed E-state index contributed by atoms with van der Waals surface area (Å²) in [6.07, 6.45) is 0.918. The molecule has 134 valence electrons. The molecule has 0 heterocycles. The van der Waals surface area contributed by atoms with E-state index in [2.05, 4.69) is 5.32 Å². The Morgan fingerprint density at radius 1 is 1.16 bits per heavy atom. The summed E-state index contributed by atoms with van der Waals surface area (Å²) in [6, 6.07) is 12.2. The van der Waals surface area contributed by atoms with Crippen molar-refractivity contribution in [2.45, 2.75) is 6.92 Å². The van der Waals surface area contributed by atoms with Gasteiger partial charge in [0, 0.05) is 0 Å². The van der Waals surface area contributed by atoms with Crippen LogP contribution in [0.5, 0.6) is 5.75 Å². The van der Waals surface area contributed by atoms with Gasteiger partial charge in [0.15, 0.2) is 0 Å². The molecule has 0 fully saturated rings. The van der Waals surface area contributed by atoms with Gasteiger partial charge >= 0.3 is 0 Å². The normalized spacial score (nSPS) is 11.0. The Labute approximate surface area is 146 Å². The highest BCUT2D eigenvalue weighted by Crippen LogP contribution is 2.25. The van der Waals surface area contributed by atoms with Crippen LogP contribution in [0.15, 0.2) is 48.5 Å². The second-order valence-corrected chi connectivity index (χ2v) is 7.11. The minimum atomic E-state index is -3.85. The molecule has 0 saturated heterocycles. The van der Waals surface area contributed by atoms with E-state index in [0.717, 1.165) is 16.6 Å². The van der Waals surface area contributed by atoms with Crippen molar-refractivity contribution in [1.29, 1.82) is 0 Å². The van der Waals surface area contributed by atoms with Crippen LogP contribution < -0.4 is 14.4 Å². The topological polar surface area (TPSA) is 75.7 Å². The first-order valence-corrected chi connectivity index (χ1v) is 9.41. The Morgan fingerprint density at radius 3 is 2.44 bits per heavy atom. The lowest BCUT2D eigenvalue weighted by atomic mass is 10.3. The molecule has 2 rings (SSSR count). The lowest BCUT2D eigenvalue weighted by molar-refractivity contribution is -0.114. The summed E-state index contributed by atoms with van der Waals surface area (Å²) in [7, 11) is -3.85. The van der Waals surface area contributed by atoms with Gasteiger partial charge in [0.2, 0.25) is 15.9 Å². The lowest BCUT2D eigenvalue weighted by Gasteiger charge is -2.22. The maximum atomic E-state index is 14.0. The quantitative estimate of drug-likeness (QED) is 0.817. The van der Waals surface area contributed by atoms with E-state index < -0.39 is 28.3 Å². The Bertz CT molecular complexity index is 855. The van der Waals surface area contributed by atoms with Crippen LogP contribution in [-0.2, 0) is 14.8 Å². The number of carbonyl (C=O) groups excluding carboxylic acids is 1. The van der Waals surface area contributed by atoms with Crippen molar-refractivity contribution in [2.24, 2.45) is 0 Å². The first-order chi connectivity index (χ1) is 11.8. The summed E-state index contributed by atoms with van der Waals surface area (Å²) in [6.45, 7) is 1.67. The Morgan fingerprint density at radius 2 is 1.80 bits per heavy atom. The molecule has 2 aromatic carbocycles. The van der Waals surface area contributed by atoms with Crippen LogP contribution in [-0.4, -0.2) is 33.7 Å². The molecule has 0 saturated carbocycles. The fourth-order valence-corrected chi connectivity index (χ4v) is 3.06. The third kappa shape index (κ3) is 4.93. The number of nitrogens with zero attached hydrogens (tertiary/aromatic N) is 1. The standard InChI is InChI=1S/C17H19FN2O4S/c1-3-24-16-11-7-5-9-14(16)19-17(21)12-20(25(2,22)23)15-10-6-4-8-13(15)18/h4-11H,3,12H2,1-2H3,(H,19,21). The molecule has 0 bridgehead atoms. The highest BCUT2D eigenvalue weighted by molar-refractivity contribution is 7.92. The number of ether oxygens (including phenoxy) is 1. The van der Waals surface area contributed by atoms with Crippen molar-refractivity contribution in [2.75, 3.05) is 29.0 Å². The zero-order valence-electron chi connectivity index (χ0n) is 13.9. The average molecular weight is 366 g/mol. The van der Waals surface area contributed by atoms with E-state index >= 15 is 0 Å². The average Bonchev–Trinajstić information content (AvgIpc) is 2.54. The maximum absolute atomic E-state index is 14.0. The Hall–Kier alpha value is -2.61. The van der Waals surface area contributed by atoms with Gasteiger partial charge in [0.1, 0.15) is 18.1 Å². The molecule has 0 atom stereocenters. The van der Waals surface area contributed by atoms with E-state index in [0.29, 0.717) is 18.0 Å². The summed E-state index contributed by atoms with van der Waals surface area (Å²) < 4.78 is 44.1. The van der Waals surface area contributed by atoms with E-state index in [1.165, 1.54) is 18.2 Å². The highest BCUT2D eigenvalue weighted by Gasteiger charge is 2.23. The summed E-state index contributed by atoms with van der Waals surface area (Å²) in [4.78, 5) is 12.3. The zero-order valence-corrected chi connectivity index (χ0v) is 14.7. The van der Waals surface area contributed by atoms with Gasteiger partial charge in [-0.2, -0.15) is 0 Å². The maximum Gasteiger partial charge on any atom is 0.245 e. The van der Waals surface area contributed by atoms with Gasteiger partial charge < -0.3 is 10.1 Å². The fraction of sp³-hybridized carbons (Fsp3) is 0.235. The number of halogens is 1. The molecule has 1 amide bonds. The molecule has 2 aromatic rings. The minimum absolute atomic E-state index is 0.182. The summed E-state index contributed by atoms with van der Waals surface area (Å²) in [5.74, 6) is -0.869. The van der Waals surface area contributed by atoms with Gasteiger partial charge in [0.05, 0.1) is 24.2 Å². The number of nitrogens with one attached hydrogen (secondary N) is 1. The zero-order chi connectivity index (χ0) is 18.4. The molecule has 25 heavy (non-hydrogen) atoms. The van der Waals surface area contributed by atoms with Gasteiger partial charge in [0.25, 0.3) is 0 Å². The third-order valence-corrected chi connectivity index (χ3v) is 4.40. The van der Waals surface area contributed by atoms with Crippen LogP contribution in [0, 0.1) is 5.82 Å². The van der Waals surface area contributed by atoms with E-state index in [1.807, 2.05) is 6.92 Å². The van der Waals surface area contributed by atoms with Crippen LogP contribution in [0.25, 0.3) is 0 Å². The van der Waals surface area contributed by atoms with Crippen LogP contribution >= 0.6 is 0 Å². The number of carbonyl (C=O) groups is 1. The molecule has 0 unspecified atom stereocenters. The molecule has 0 spiro atoms. The highest BCUT2D eigenvalue weighted by atomic mass is 32.2. The molecule has 0 aliphatic rings. The Balaban J connectivity index is 2.23. The first kappa shape index (κ1) is 18.7. The molecule has 0 aromatic heterocycles. The molecule has 0 aliphatic carbocycles. The summed E-state index contributed by atoms with van der Waals surface area (Å²) in [5, 5.41) is 2.59. The molecule has 1 N–H and O–H groups in total. The van der Waals surface area contributed by atoms with Crippen molar-refractivity contribution in [1.82, 2.24) is 0 Å². The van der Waals surface area contributed by atoms with Crippen LogP contribution in [0.3, 0.4) is 0 Å². The second-order valence-electron chi connectivity index (χ2n) is 5.20. The van der Waals surface area contributed by atoms with Crippen molar-refractivity contribution >= 4 is 27.3 Å². The number of hydrogen-bond donors (Lipinski definition) is 1. The van der Waals surface area contributed by atoms with Crippen molar-refractivity contribution in [3.05, 3.63) is 54.3 Å². The number of para-hydroxylation sites is 3. The van der Waals surface area contributed by atoms with Crippen LogP contribution in [0.4, 0.5) is 15.8 Å². The number of rotatable bonds is 7. The van der Waals surface area contributed by atoms with Crippen molar-refractivity contribution in [3.63, 3.8) is 0 Å². The Kier molecular flexibility index (Phi) is 5.97. The second kappa shape index (κ2) is 7.98. The number of amides is 1. The van der Waals surface area contributed by atoms with E-state index in [9.17, 15) is 17.6 Å². The predicted octanol–water partition coefficient (Wildman–Crippen LogP) is 2.63. The fourth-order valence-electron chi connectivity index (χ4n) is 2.21. The van der Waals surface area contributed by atoms with Gasteiger partial charge in [-0.3, -0.25) is 9.10 Å². The van der Waals surface area contributed by atoms with Gasteiger partial charge in [-0.05, 0) is 31.2 Å². The summed E-state index contributed by atoms with van der Waals surface area (Å²) in [5.41, 5.74) is 0.231. The van der Waals surface area contributed by atoms with Gasteiger partial charge in [-0.1, -0.05) is 24.3 Å². The van der Waals surface area contributed by atoms with E-state index in [1.54, 1.807) is 24.3 Å². The summed E-state index contributed by atoms with van der Waals surface area (Å²) >= 11 is 0. The molecule has 0 radical (unpaired) electrons. The van der Waals surface area contributed by atoms with Crippen LogP contribution in [0.1, 0.15) is 6.92 Å². The predicted molar refractivity (Wildman–Crippen MR) is 94.8 cm³/mol. The SMILES string of the molecule is CCOc1ccccc1NC(=O)CN(c1ccccc1F)S(C)(=O)=O. The van der Waals surface area contributed by atoms with E-state index in [-0.39, 0.29) is 5.69 Å². The molecule has 6 nitrogen and oxygen atoms in total. The largest absolute Gasteiger partial charge is 0.492 e. The van der Waals surface area contributed by atoms with Crippen LogP contribution in [0.2, 0.25) is 0 Å². The molecule has 8 heteroatoms. The monoisotopic (exact) mass is 366 g/mol. The molecule has 0 aliphatic heterocycles. The smallest absolute Gasteiger partial charge is 0.245 e. The lowest BCUT2D eigenvalue weighted by Crippen LogP contribution is -2.38. The third-order valence-electron chi connectivity index (χ3n) is 3.27. The first-order valence-electron chi connectivity index (χ1n) is 7.57. The number of anilines is 2. The minimum Gasteiger partial charge on any atom is -0.492 e. The molecular formula is C17H19FN2O4S. The number of hydrogen-bond acceptors (Lipinski definition) is 4.